The average molecular weight is 1180 g/mol. The summed E-state index contributed by atoms with van der Waals surface area (Å²) >= 11 is 0. The second-order valence-corrected chi connectivity index (χ2v) is 24.9. The number of hydrogen-bond acceptors (Lipinski definition) is 20. The third-order valence-electron chi connectivity index (χ3n) is 18.7. The van der Waals surface area contributed by atoms with E-state index in [1.807, 2.05) is 115 Å². The third kappa shape index (κ3) is 13.1. The molecule has 0 bridgehead atoms. The van der Waals surface area contributed by atoms with E-state index in [1.165, 1.54) is 7.11 Å². The number of amides is 1. The Hall–Kier alpha value is -6.17. The minimum Gasteiger partial charge on any atom is -0.457 e. The van der Waals surface area contributed by atoms with E-state index >= 15 is 9.59 Å². The molecule has 19 atom stereocenters. The van der Waals surface area contributed by atoms with Crippen LogP contribution in [0.3, 0.4) is 0 Å². The SMILES string of the molecule is CO[C@]1(C)CC(O[C@H]2[C@H](C)[C@@H](OC3O[C@H](C)C[C@H](N(C)C)[C@H]3OC(=O)c3ccccc3)[C@@](C)(OC)C[C@@H](C)C(=O)[C@H](C)C3N(CCCCN4C=C(c5cccc(N)c5)NN4)C(=O)O[C@@]34C(C)[C@H]4OC(=O)[C@@H]2C)O[C@@H](C)[C@@H]1OC(=O)c1ccccc1. The number of methoxy groups -OCH3 is 2. The van der Waals surface area contributed by atoms with Crippen LogP contribution in [0.1, 0.15) is 121 Å². The molecule has 1 spiro atoms. The Morgan fingerprint density at radius 1 is 0.753 bits per heavy atom. The number of nitrogens with two attached hydrogens (primary N) is 1. The van der Waals surface area contributed by atoms with Crippen LogP contribution in [0.2, 0.25) is 0 Å². The molecule has 1 aliphatic carbocycles. The van der Waals surface area contributed by atoms with E-state index in [1.54, 1.807) is 74.4 Å². The molecule has 4 unspecified atom stereocenters. The highest BCUT2D eigenvalue weighted by Gasteiger charge is 2.79. The van der Waals surface area contributed by atoms with Crippen molar-refractivity contribution in [1.29, 1.82) is 0 Å². The molecule has 1 amide bonds. The number of ether oxygens (including phenoxy) is 10. The Morgan fingerprint density at radius 2 is 1.39 bits per heavy atom. The topological polar surface area (TPSA) is 237 Å². The van der Waals surface area contributed by atoms with Crippen molar-refractivity contribution in [3.63, 3.8) is 0 Å². The van der Waals surface area contributed by atoms with Crippen molar-refractivity contribution < 1.29 is 71.3 Å². The summed E-state index contributed by atoms with van der Waals surface area (Å²) in [6, 6.07) is 23.7. The zero-order valence-corrected chi connectivity index (χ0v) is 51.4. The summed E-state index contributed by atoms with van der Waals surface area (Å²) in [4.78, 5) is 76.4. The molecule has 3 aromatic rings. The van der Waals surface area contributed by atoms with Crippen LogP contribution in [0.4, 0.5) is 10.5 Å². The molecule has 6 aliphatic rings. The number of hydrogen-bond donors (Lipinski definition) is 3. The van der Waals surface area contributed by atoms with Crippen molar-refractivity contribution in [2.24, 2.45) is 29.6 Å². The maximum Gasteiger partial charge on any atom is 0.410 e. The van der Waals surface area contributed by atoms with Crippen LogP contribution in [0.5, 0.6) is 0 Å². The molecular formula is C64H88N6O15. The molecule has 21 nitrogen and oxygen atoms in total. The first-order valence-electron chi connectivity index (χ1n) is 29.9. The van der Waals surface area contributed by atoms with Crippen LogP contribution < -0.4 is 16.7 Å². The summed E-state index contributed by atoms with van der Waals surface area (Å²) in [5.41, 5.74) is 11.7. The van der Waals surface area contributed by atoms with Crippen molar-refractivity contribution in [3.05, 3.63) is 108 Å². The van der Waals surface area contributed by atoms with Gasteiger partial charge in [-0.05, 0) is 111 Å². The summed E-state index contributed by atoms with van der Waals surface area (Å²) in [7, 11) is 6.89. The molecule has 464 valence electrons. The van der Waals surface area contributed by atoms with E-state index in [9.17, 15) is 14.4 Å². The van der Waals surface area contributed by atoms with Gasteiger partial charge in [0.25, 0.3) is 0 Å². The molecule has 85 heavy (non-hydrogen) atoms. The predicted molar refractivity (Wildman–Crippen MR) is 313 cm³/mol. The Kier molecular flexibility index (Phi) is 19.4. The summed E-state index contributed by atoms with van der Waals surface area (Å²) in [5.74, 6) is -5.84. The normalized spacial score (nSPS) is 36.9. The van der Waals surface area contributed by atoms with Crippen molar-refractivity contribution in [2.45, 2.75) is 179 Å². The first-order valence-corrected chi connectivity index (χ1v) is 29.9. The van der Waals surface area contributed by atoms with E-state index in [2.05, 4.69) is 11.0 Å². The molecule has 9 rings (SSSR count). The minimum absolute atomic E-state index is 0.0516. The number of nitrogens with one attached hydrogen (secondary N) is 2. The van der Waals surface area contributed by atoms with Crippen molar-refractivity contribution in [1.82, 2.24) is 25.8 Å². The van der Waals surface area contributed by atoms with Gasteiger partial charge in [-0.2, -0.15) is 0 Å². The number of hydrazine groups is 2. The number of carbonyl (C=O) groups excluding carboxylic acids is 5. The number of benzene rings is 3. The molecule has 4 N–H and O–H groups in total. The van der Waals surface area contributed by atoms with E-state index in [-0.39, 0.29) is 37.3 Å². The molecule has 4 saturated heterocycles. The largest absolute Gasteiger partial charge is 0.457 e. The van der Waals surface area contributed by atoms with Crippen LogP contribution in [-0.2, 0) is 57.0 Å². The highest BCUT2D eigenvalue weighted by atomic mass is 16.7. The standard InChI is InChI=1S/C64H88N6O15/c1-36-33-62(8,76-12)54(84-60-52(48(68(10)11)31-37(2)78-60)81-58(73)43-23-16-14-17-24-43)39(4)51(80-49-34-63(9,77-13)56(42(7)79-49)83-59(74)44-25-18-15-19-26-44)40(5)57(72)82-55-41(6)64(55)53(38(3)50(36)71)70(61(75)85-64)30-21-20-29-69-35-47(66-67-69)45-27-22-28-46(65)32-45/h14-19,22-28,32,35-42,48-49,51-56,60,66-67H,20-21,29-31,33-34,65H2,1-13H3/t36-,37-,38+,39+,40-,41?,42+,48+,49?,51+,52-,53?,54-,55-,56+,60?,62+,63-,64+/m1/s1. The highest BCUT2D eigenvalue weighted by molar-refractivity contribution is 5.90. The molecule has 21 heteroatoms. The van der Waals surface area contributed by atoms with E-state index < -0.39 is 126 Å². The van der Waals surface area contributed by atoms with Crippen LogP contribution >= 0.6 is 0 Å². The number of nitrogen functional groups attached to an aromatic ring is 1. The van der Waals surface area contributed by atoms with Crippen molar-refractivity contribution in [3.8, 4) is 0 Å². The number of likely N-dealkylation sites (N-methyl/N-ethyl adjacent to an activating group) is 1. The Morgan fingerprint density at radius 3 is 2.02 bits per heavy atom. The smallest absolute Gasteiger partial charge is 0.410 e. The third-order valence-corrected chi connectivity index (χ3v) is 18.7. The van der Waals surface area contributed by atoms with Crippen LogP contribution in [0.25, 0.3) is 5.70 Å². The molecular weight excluding hydrogens is 1090 g/mol. The lowest BCUT2D eigenvalue weighted by Crippen LogP contribution is -2.62. The van der Waals surface area contributed by atoms with Crippen LogP contribution in [0.15, 0.2) is 91.1 Å². The quantitative estimate of drug-likeness (QED) is 0.0512. The molecule has 5 fully saturated rings. The molecule has 0 radical (unpaired) electrons. The minimum atomic E-state index is -1.37. The molecule has 5 heterocycles. The van der Waals surface area contributed by atoms with Gasteiger partial charge >= 0.3 is 24.0 Å². The molecule has 5 aliphatic heterocycles. The second-order valence-electron chi connectivity index (χ2n) is 24.9. The first-order chi connectivity index (χ1) is 40.4. The maximum absolute atomic E-state index is 15.4. The Labute approximate surface area is 499 Å². The number of anilines is 1. The molecule has 1 saturated carbocycles. The first kappa shape index (κ1) is 63.3. The fourth-order valence-corrected chi connectivity index (χ4v) is 13.8. The summed E-state index contributed by atoms with van der Waals surface area (Å²) < 4.78 is 66.3. The van der Waals surface area contributed by atoms with Crippen LogP contribution in [-0.4, -0.2) is 170 Å². The van der Waals surface area contributed by atoms with Crippen molar-refractivity contribution >= 4 is 41.2 Å². The molecule has 3 aromatic carbocycles. The van der Waals surface area contributed by atoms with Gasteiger partial charge in [-0.3, -0.25) is 14.6 Å². The second kappa shape index (κ2) is 26.0. The number of ketones is 1. The summed E-state index contributed by atoms with van der Waals surface area (Å²) in [6.45, 7) is 17.4. The Bertz CT molecular complexity index is 2880. The van der Waals surface area contributed by atoms with Gasteiger partial charge in [-0.1, -0.05) is 76.2 Å². The lowest BCUT2D eigenvalue weighted by molar-refractivity contribution is -0.318. The maximum atomic E-state index is 15.4. The lowest BCUT2D eigenvalue weighted by Gasteiger charge is -2.50. The summed E-state index contributed by atoms with van der Waals surface area (Å²) in [6.07, 6.45) is -5.17. The highest BCUT2D eigenvalue weighted by Crippen LogP contribution is 2.59. The van der Waals surface area contributed by atoms with Gasteiger partial charge in [-0.15, -0.1) is 5.53 Å². The summed E-state index contributed by atoms with van der Waals surface area (Å²) in [5, 5.41) is 1.93. The van der Waals surface area contributed by atoms with Crippen molar-refractivity contribution in [2.75, 3.05) is 47.1 Å². The zero-order chi connectivity index (χ0) is 61.3. The van der Waals surface area contributed by atoms with Gasteiger partial charge in [0.15, 0.2) is 36.5 Å². The fraction of sp³-hybridized carbons (Fsp3) is 0.609. The number of unbranched alkanes of at least 4 members (excludes halogenated alkanes) is 1. The van der Waals surface area contributed by atoms with Gasteiger partial charge < -0.3 is 68.3 Å². The average Bonchev–Trinajstić information content (AvgIpc) is 1.53. The number of carbonyl (C=O) groups is 5. The van der Waals surface area contributed by atoms with Gasteiger partial charge in [0.1, 0.15) is 11.4 Å². The number of nitrogens with zero attached hydrogens (tertiary/aromatic N) is 3. The Balaban J connectivity index is 1.05. The fourth-order valence-electron chi connectivity index (χ4n) is 13.8. The van der Waals surface area contributed by atoms with E-state index in [4.69, 9.17) is 53.1 Å². The number of rotatable bonds is 17. The van der Waals surface area contributed by atoms with Gasteiger partial charge in [0.05, 0.1) is 64.8 Å². The number of Topliss-reactive ketones (excluding diaryl/α,β-unsaturated/α-hetero) is 1. The van der Waals surface area contributed by atoms with Crippen LogP contribution in [0, 0.1) is 29.6 Å². The zero-order valence-electron chi connectivity index (χ0n) is 51.4. The van der Waals surface area contributed by atoms with Gasteiger partial charge in [-0.25, -0.2) is 14.4 Å². The van der Waals surface area contributed by atoms with E-state index in [0.717, 1.165) is 11.3 Å². The molecule has 0 aromatic heterocycles. The monoisotopic (exact) mass is 1180 g/mol. The number of esters is 3. The predicted octanol–water partition coefficient (Wildman–Crippen LogP) is 7.54. The van der Waals surface area contributed by atoms with E-state index in [0.29, 0.717) is 42.6 Å². The van der Waals surface area contributed by atoms with Gasteiger partial charge in [0, 0.05) is 74.9 Å². The van der Waals surface area contributed by atoms with Gasteiger partial charge in [0.2, 0.25) is 0 Å². The lowest BCUT2D eigenvalue weighted by atomic mass is 9.75.